The molecule has 2 aromatic heterocycles. The summed E-state index contributed by atoms with van der Waals surface area (Å²) in [5.74, 6) is 0. The van der Waals surface area contributed by atoms with Crippen LogP contribution >= 0.6 is 15.9 Å². The van der Waals surface area contributed by atoms with Gasteiger partial charge >= 0.3 is 0 Å². The third kappa shape index (κ3) is 3.45. The Hall–Kier alpha value is -1.14. The molecule has 0 fully saturated rings. The Labute approximate surface area is 122 Å². The molecular weight excluding hydrogens is 306 g/mol. The van der Waals surface area contributed by atoms with E-state index < -0.39 is 0 Å². The van der Waals surface area contributed by atoms with E-state index in [9.17, 15) is 0 Å². The first kappa shape index (κ1) is 14.3. The molecule has 2 rings (SSSR count). The molecule has 2 heterocycles. The van der Waals surface area contributed by atoms with Crippen molar-refractivity contribution in [3.8, 4) is 0 Å². The highest BCUT2D eigenvalue weighted by atomic mass is 79.9. The van der Waals surface area contributed by atoms with Gasteiger partial charge in [0.15, 0.2) is 0 Å². The first-order valence-electron chi connectivity index (χ1n) is 6.51. The van der Waals surface area contributed by atoms with Crippen molar-refractivity contribution < 1.29 is 0 Å². The fraction of sp³-hybridized carbons (Fsp3) is 0.538. The molecule has 0 radical (unpaired) electrons. The minimum atomic E-state index is 0.816. The highest BCUT2D eigenvalue weighted by molar-refractivity contribution is 9.10. The lowest BCUT2D eigenvalue weighted by atomic mass is 10.3. The smallest absolute Gasteiger partial charge is 0.0767 e. The van der Waals surface area contributed by atoms with Crippen LogP contribution in [0.3, 0.4) is 0 Å². The number of hydrogen-bond acceptors (Lipinski definition) is 3. The lowest BCUT2D eigenvalue weighted by molar-refractivity contribution is 0.615. The molecule has 2 aromatic rings. The van der Waals surface area contributed by atoms with E-state index in [0.29, 0.717) is 0 Å². The lowest BCUT2D eigenvalue weighted by Gasteiger charge is -2.05. The van der Waals surface area contributed by atoms with Crippen molar-refractivity contribution >= 4 is 15.9 Å². The number of hydrogen-bond donors (Lipinski definition) is 1. The van der Waals surface area contributed by atoms with Crippen molar-refractivity contribution in [1.82, 2.24) is 24.9 Å². The predicted octanol–water partition coefficient (Wildman–Crippen LogP) is 1.81. The molecule has 6 heteroatoms. The summed E-state index contributed by atoms with van der Waals surface area (Å²) < 4.78 is 4.90. The van der Waals surface area contributed by atoms with Crippen molar-refractivity contribution in [3.05, 3.63) is 33.8 Å². The van der Waals surface area contributed by atoms with Crippen LogP contribution in [0.15, 0.2) is 16.7 Å². The number of aromatic nitrogens is 4. The Bertz CT molecular complexity index is 543. The van der Waals surface area contributed by atoms with Gasteiger partial charge in [-0.2, -0.15) is 10.2 Å². The van der Waals surface area contributed by atoms with Gasteiger partial charge in [0.2, 0.25) is 0 Å². The molecule has 0 aromatic carbocycles. The van der Waals surface area contributed by atoms with Gasteiger partial charge in [0.1, 0.15) is 0 Å². The predicted molar refractivity (Wildman–Crippen MR) is 78.9 cm³/mol. The molecule has 5 nitrogen and oxygen atoms in total. The quantitative estimate of drug-likeness (QED) is 0.824. The summed E-state index contributed by atoms with van der Waals surface area (Å²) in [6.45, 7) is 3.85. The maximum absolute atomic E-state index is 4.48. The van der Waals surface area contributed by atoms with Gasteiger partial charge < -0.3 is 5.32 Å². The Balaban J connectivity index is 1.84. The van der Waals surface area contributed by atoms with Crippen LogP contribution in [0, 0.1) is 0 Å². The number of rotatable bonds is 6. The zero-order valence-corrected chi connectivity index (χ0v) is 13.2. The lowest BCUT2D eigenvalue weighted by Crippen LogP contribution is -2.19. The van der Waals surface area contributed by atoms with Crippen LogP contribution in [-0.2, 0) is 33.5 Å². The Morgan fingerprint density at radius 2 is 2.11 bits per heavy atom. The maximum Gasteiger partial charge on any atom is 0.0767 e. The van der Waals surface area contributed by atoms with E-state index in [4.69, 9.17) is 0 Å². The van der Waals surface area contributed by atoms with E-state index in [1.165, 1.54) is 5.69 Å². The molecule has 0 amide bonds. The summed E-state index contributed by atoms with van der Waals surface area (Å²) in [7, 11) is 3.93. The second-order valence-corrected chi connectivity index (χ2v) is 5.39. The first-order valence-corrected chi connectivity index (χ1v) is 7.30. The fourth-order valence-electron chi connectivity index (χ4n) is 2.03. The Morgan fingerprint density at radius 1 is 1.32 bits per heavy atom. The molecule has 1 N–H and O–H groups in total. The van der Waals surface area contributed by atoms with Gasteiger partial charge in [0.25, 0.3) is 0 Å². The average molecular weight is 326 g/mol. The second-order valence-electron chi connectivity index (χ2n) is 4.59. The van der Waals surface area contributed by atoms with Crippen LogP contribution < -0.4 is 5.32 Å². The Kier molecular flexibility index (Phi) is 4.76. The highest BCUT2D eigenvalue weighted by Crippen LogP contribution is 2.21. The van der Waals surface area contributed by atoms with Crippen LogP contribution in [-0.4, -0.2) is 26.1 Å². The summed E-state index contributed by atoms with van der Waals surface area (Å²) in [5, 5.41) is 12.3. The van der Waals surface area contributed by atoms with E-state index in [1.54, 1.807) is 0 Å². The second kappa shape index (κ2) is 6.34. The molecule has 0 spiro atoms. The number of aryl methyl sites for hydroxylation is 3. The summed E-state index contributed by atoms with van der Waals surface area (Å²) in [6.07, 6.45) is 3.86. The molecular formula is C13H20BrN5. The minimum Gasteiger partial charge on any atom is -0.311 e. The number of nitrogens with one attached hydrogen (secondary N) is 1. The maximum atomic E-state index is 4.48. The van der Waals surface area contributed by atoms with Crippen molar-refractivity contribution in [1.29, 1.82) is 0 Å². The van der Waals surface area contributed by atoms with E-state index in [0.717, 1.165) is 41.8 Å². The van der Waals surface area contributed by atoms with Gasteiger partial charge in [-0.05, 0) is 28.4 Å². The van der Waals surface area contributed by atoms with Crippen molar-refractivity contribution in [2.24, 2.45) is 14.1 Å². The standard InChI is InChI=1S/C13H20BrN5/c1-4-11-13(14)12(19(3)17-11)9-15-7-5-10-6-8-18(2)16-10/h6,8,15H,4-5,7,9H2,1-3H3. The summed E-state index contributed by atoms with van der Waals surface area (Å²) in [6, 6.07) is 2.05. The van der Waals surface area contributed by atoms with Gasteiger partial charge in [0, 0.05) is 39.8 Å². The van der Waals surface area contributed by atoms with Crippen LogP contribution in [0.5, 0.6) is 0 Å². The number of halogens is 1. The van der Waals surface area contributed by atoms with Crippen molar-refractivity contribution in [2.75, 3.05) is 6.54 Å². The van der Waals surface area contributed by atoms with Gasteiger partial charge in [-0.1, -0.05) is 6.92 Å². The van der Waals surface area contributed by atoms with Gasteiger partial charge in [-0.15, -0.1) is 0 Å². The average Bonchev–Trinajstić information content (AvgIpc) is 2.91. The molecule has 0 unspecified atom stereocenters. The minimum absolute atomic E-state index is 0.816. The van der Waals surface area contributed by atoms with Crippen LogP contribution in [0.2, 0.25) is 0 Å². The van der Waals surface area contributed by atoms with Gasteiger partial charge in [-0.3, -0.25) is 9.36 Å². The molecule has 0 atom stereocenters. The normalized spacial score (nSPS) is 11.2. The van der Waals surface area contributed by atoms with Gasteiger partial charge in [-0.25, -0.2) is 0 Å². The third-order valence-corrected chi connectivity index (χ3v) is 4.04. The van der Waals surface area contributed by atoms with E-state index in [-0.39, 0.29) is 0 Å². The van der Waals surface area contributed by atoms with Crippen LogP contribution in [0.1, 0.15) is 24.0 Å². The monoisotopic (exact) mass is 325 g/mol. The van der Waals surface area contributed by atoms with E-state index in [2.05, 4.69) is 44.4 Å². The van der Waals surface area contributed by atoms with Crippen LogP contribution in [0.25, 0.3) is 0 Å². The summed E-state index contributed by atoms with van der Waals surface area (Å²) in [4.78, 5) is 0. The molecule has 0 saturated heterocycles. The van der Waals surface area contributed by atoms with E-state index in [1.807, 2.05) is 29.7 Å². The van der Waals surface area contributed by atoms with Crippen molar-refractivity contribution in [3.63, 3.8) is 0 Å². The summed E-state index contributed by atoms with van der Waals surface area (Å²) in [5.41, 5.74) is 3.43. The zero-order valence-electron chi connectivity index (χ0n) is 11.6. The molecule has 0 aliphatic heterocycles. The highest BCUT2D eigenvalue weighted by Gasteiger charge is 2.11. The van der Waals surface area contributed by atoms with Crippen LogP contribution in [0.4, 0.5) is 0 Å². The molecule has 0 bridgehead atoms. The third-order valence-electron chi connectivity index (χ3n) is 3.12. The SMILES string of the molecule is CCc1nn(C)c(CNCCc2ccn(C)n2)c1Br. The Morgan fingerprint density at radius 3 is 2.68 bits per heavy atom. The first-order chi connectivity index (χ1) is 9.11. The number of nitrogens with zero attached hydrogens (tertiary/aromatic N) is 4. The van der Waals surface area contributed by atoms with Crippen molar-refractivity contribution in [2.45, 2.75) is 26.3 Å². The fourth-order valence-corrected chi connectivity index (χ4v) is 2.79. The molecule has 104 valence electrons. The molecule has 0 saturated carbocycles. The zero-order chi connectivity index (χ0) is 13.8. The largest absolute Gasteiger partial charge is 0.311 e. The summed E-state index contributed by atoms with van der Waals surface area (Å²) >= 11 is 3.62. The molecule has 0 aliphatic rings. The molecule has 19 heavy (non-hydrogen) atoms. The van der Waals surface area contributed by atoms with Gasteiger partial charge in [0.05, 0.1) is 21.6 Å². The molecule has 0 aliphatic carbocycles. The van der Waals surface area contributed by atoms with E-state index >= 15 is 0 Å². The topological polar surface area (TPSA) is 47.7 Å².